The molecule has 1 aliphatic heterocycles. The summed E-state index contributed by atoms with van der Waals surface area (Å²) in [6.07, 6.45) is 1.78. The summed E-state index contributed by atoms with van der Waals surface area (Å²) in [6, 6.07) is 15.1. The van der Waals surface area contributed by atoms with Crippen LogP contribution in [0.5, 0.6) is 11.5 Å². The number of ether oxygens (including phenoxy) is 2. The lowest BCUT2D eigenvalue weighted by molar-refractivity contribution is 0.0922. The largest absolute Gasteiger partial charge is 0.486 e. The van der Waals surface area contributed by atoms with Crippen molar-refractivity contribution in [3.05, 3.63) is 54.7 Å². The Morgan fingerprint density at radius 3 is 2.92 bits per heavy atom. The van der Waals surface area contributed by atoms with Gasteiger partial charge < -0.3 is 24.7 Å². The normalized spacial score (nSPS) is 15.8. The van der Waals surface area contributed by atoms with E-state index in [-0.39, 0.29) is 12.1 Å². The SMILES string of the molecule is Cn1ccc2cc(NC(=O)NC[C@@H]3COc4ccccc4O3)ccc21. The number of rotatable bonds is 3. The molecule has 4 rings (SSSR count). The summed E-state index contributed by atoms with van der Waals surface area (Å²) in [4.78, 5) is 12.1. The Labute approximate surface area is 145 Å². The Bertz CT molecular complexity index is 919. The average molecular weight is 337 g/mol. The number of nitrogens with zero attached hydrogens (tertiary/aromatic N) is 1. The van der Waals surface area contributed by atoms with Crippen LogP contribution in [0.15, 0.2) is 54.7 Å². The third-order valence-corrected chi connectivity index (χ3v) is 4.20. The van der Waals surface area contributed by atoms with Gasteiger partial charge in [-0.05, 0) is 36.4 Å². The van der Waals surface area contributed by atoms with Crippen LogP contribution in [0.2, 0.25) is 0 Å². The van der Waals surface area contributed by atoms with Gasteiger partial charge in [0.25, 0.3) is 0 Å². The number of carbonyl (C=O) groups is 1. The molecule has 0 saturated carbocycles. The molecule has 6 nitrogen and oxygen atoms in total. The first-order valence-electron chi connectivity index (χ1n) is 8.17. The first kappa shape index (κ1) is 15.4. The van der Waals surface area contributed by atoms with Gasteiger partial charge in [-0.25, -0.2) is 4.79 Å². The summed E-state index contributed by atoms with van der Waals surface area (Å²) in [7, 11) is 1.99. The Morgan fingerprint density at radius 2 is 2.04 bits per heavy atom. The van der Waals surface area contributed by atoms with Gasteiger partial charge in [0.15, 0.2) is 17.6 Å². The van der Waals surface area contributed by atoms with Gasteiger partial charge in [-0.2, -0.15) is 0 Å². The van der Waals surface area contributed by atoms with E-state index >= 15 is 0 Å². The number of benzene rings is 2. The number of fused-ring (bicyclic) bond motifs is 2. The summed E-state index contributed by atoms with van der Waals surface area (Å²) in [5.41, 5.74) is 1.87. The molecular formula is C19H19N3O3. The fraction of sp³-hybridized carbons (Fsp3) is 0.211. The lowest BCUT2D eigenvalue weighted by atomic mass is 10.2. The van der Waals surface area contributed by atoms with Crippen molar-refractivity contribution in [3.63, 3.8) is 0 Å². The number of aryl methyl sites for hydroxylation is 1. The van der Waals surface area contributed by atoms with Crippen LogP contribution in [-0.2, 0) is 7.05 Å². The highest BCUT2D eigenvalue weighted by Crippen LogP contribution is 2.30. The maximum Gasteiger partial charge on any atom is 0.319 e. The summed E-state index contributed by atoms with van der Waals surface area (Å²) in [6.45, 7) is 0.779. The van der Waals surface area contributed by atoms with Crippen molar-refractivity contribution in [1.82, 2.24) is 9.88 Å². The number of aromatic nitrogens is 1. The van der Waals surface area contributed by atoms with E-state index < -0.39 is 0 Å². The zero-order valence-electron chi connectivity index (χ0n) is 13.9. The molecule has 25 heavy (non-hydrogen) atoms. The van der Waals surface area contributed by atoms with E-state index in [4.69, 9.17) is 9.47 Å². The van der Waals surface area contributed by atoms with E-state index in [1.165, 1.54) is 0 Å². The molecule has 2 aromatic carbocycles. The lowest BCUT2D eigenvalue weighted by Crippen LogP contribution is -2.42. The molecule has 2 amide bonds. The molecule has 0 fully saturated rings. The molecule has 0 saturated heterocycles. The van der Waals surface area contributed by atoms with E-state index in [1.54, 1.807) is 0 Å². The predicted molar refractivity (Wildman–Crippen MR) is 96.3 cm³/mol. The molecule has 2 heterocycles. The standard InChI is InChI=1S/C19H19N3O3/c1-22-9-8-13-10-14(6-7-16(13)22)21-19(23)20-11-15-12-24-17-4-2-3-5-18(17)25-15/h2-10,15H,11-12H2,1H3,(H2,20,21,23)/t15-/m1/s1. The minimum Gasteiger partial charge on any atom is -0.486 e. The second-order valence-corrected chi connectivity index (χ2v) is 6.03. The van der Waals surface area contributed by atoms with Crippen LogP contribution in [0.25, 0.3) is 10.9 Å². The fourth-order valence-electron chi connectivity index (χ4n) is 2.90. The van der Waals surface area contributed by atoms with Crippen LogP contribution in [0.4, 0.5) is 10.5 Å². The van der Waals surface area contributed by atoms with E-state index in [2.05, 4.69) is 10.6 Å². The molecule has 0 bridgehead atoms. The van der Waals surface area contributed by atoms with E-state index in [0.717, 1.165) is 22.3 Å². The average Bonchev–Trinajstić information content (AvgIpc) is 3.00. The van der Waals surface area contributed by atoms with Gasteiger partial charge in [-0.1, -0.05) is 12.1 Å². The Kier molecular flexibility index (Phi) is 3.93. The first-order valence-corrected chi connectivity index (χ1v) is 8.17. The van der Waals surface area contributed by atoms with Crippen molar-refractivity contribution in [2.45, 2.75) is 6.10 Å². The van der Waals surface area contributed by atoms with Crippen molar-refractivity contribution in [2.24, 2.45) is 7.05 Å². The number of amides is 2. The van der Waals surface area contributed by atoms with Gasteiger partial charge in [-0.15, -0.1) is 0 Å². The van der Waals surface area contributed by atoms with Crippen molar-refractivity contribution < 1.29 is 14.3 Å². The van der Waals surface area contributed by atoms with Gasteiger partial charge in [-0.3, -0.25) is 0 Å². The molecule has 1 atom stereocenters. The molecule has 0 unspecified atom stereocenters. The maximum absolute atomic E-state index is 12.1. The van der Waals surface area contributed by atoms with Gasteiger partial charge in [0.2, 0.25) is 0 Å². The molecule has 3 aromatic rings. The van der Waals surface area contributed by atoms with Crippen LogP contribution in [0, 0.1) is 0 Å². The third-order valence-electron chi connectivity index (χ3n) is 4.20. The third kappa shape index (κ3) is 3.24. The Morgan fingerprint density at radius 1 is 1.20 bits per heavy atom. The van der Waals surface area contributed by atoms with E-state index in [9.17, 15) is 4.79 Å². The summed E-state index contributed by atoms with van der Waals surface area (Å²) in [5, 5.41) is 6.76. The van der Waals surface area contributed by atoms with Gasteiger partial charge in [0.05, 0.1) is 6.54 Å². The first-order chi connectivity index (χ1) is 12.2. The molecule has 0 radical (unpaired) electrons. The van der Waals surface area contributed by atoms with Crippen LogP contribution in [-0.4, -0.2) is 29.9 Å². The molecule has 1 aliphatic rings. The lowest BCUT2D eigenvalue weighted by Gasteiger charge is -2.26. The number of carbonyl (C=O) groups excluding carboxylic acids is 1. The van der Waals surface area contributed by atoms with Gasteiger partial charge >= 0.3 is 6.03 Å². The molecule has 1 aromatic heterocycles. The predicted octanol–water partition coefficient (Wildman–Crippen LogP) is 3.14. The highest BCUT2D eigenvalue weighted by molar-refractivity contribution is 5.92. The van der Waals surface area contributed by atoms with E-state index in [0.29, 0.717) is 18.9 Å². The second kappa shape index (κ2) is 6.39. The minimum atomic E-state index is -0.266. The Balaban J connectivity index is 1.33. The van der Waals surface area contributed by atoms with Crippen LogP contribution in [0.3, 0.4) is 0 Å². The maximum atomic E-state index is 12.1. The highest BCUT2D eigenvalue weighted by atomic mass is 16.6. The molecular weight excluding hydrogens is 318 g/mol. The second-order valence-electron chi connectivity index (χ2n) is 6.03. The number of urea groups is 1. The van der Waals surface area contributed by atoms with Gasteiger partial charge in [0.1, 0.15) is 6.61 Å². The summed E-state index contributed by atoms with van der Waals surface area (Å²) >= 11 is 0. The summed E-state index contributed by atoms with van der Waals surface area (Å²) < 4.78 is 13.5. The monoisotopic (exact) mass is 337 g/mol. The van der Waals surface area contributed by atoms with Crippen LogP contribution >= 0.6 is 0 Å². The molecule has 2 N–H and O–H groups in total. The topological polar surface area (TPSA) is 64.5 Å². The molecule has 0 aliphatic carbocycles. The number of nitrogens with one attached hydrogen (secondary N) is 2. The number of hydrogen-bond acceptors (Lipinski definition) is 3. The zero-order valence-corrected chi connectivity index (χ0v) is 13.9. The number of anilines is 1. The number of hydrogen-bond donors (Lipinski definition) is 2. The minimum absolute atomic E-state index is 0.211. The van der Waals surface area contributed by atoms with Crippen molar-refractivity contribution in [3.8, 4) is 11.5 Å². The molecule has 128 valence electrons. The van der Waals surface area contributed by atoms with Crippen molar-refractivity contribution in [2.75, 3.05) is 18.5 Å². The van der Waals surface area contributed by atoms with Crippen molar-refractivity contribution >= 4 is 22.6 Å². The summed E-state index contributed by atoms with van der Waals surface area (Å²) in [5.74, 6) is 1.44. The fourth-order valence-corrected chi connectivity index (χ4v) is 2.90. The smallest absolute Gasteiger partial charge is 0.319 e. The quantitative estimate of drug-likeness (QED) is 0.772. The van der Waals surface area contributed by atoms with Crippen LogP contribution < -0.4 is 20.1 Å². The highest BCUT2D eigenvalue weighted by Gasteiger charge is 2.21. The van der Waals surface area contributed by atoms with E-state index in [1.807, 2.05) is 66.3 Å². The Hall–Kier alpha value is -3.15. The molecule has 0 spiro atoms. The molecule has 6 heteroatoms. The van der Waals surface area contributed by atoms with Crippen LogP contribution in [0.1, 0.15) is 0 Å². The zero-order chi connectivity index (χ0) is 17.2. The van der Waals surface area contributed by atoms with Gasteiger partial charge in [0, 0.05) is 29.8 Å². The number of para-hydroxylation sites is 2. The van der Waals surface area contributed by atoms with Crippen molar-refractivity contribution in [1.29, 1.82) is 0 Å².